The number of carbonyl (C=O) groups is 2. The Morgan fingerprint density at radius 1 is 0.812 bits per heavy atom. The molecule has 0 spiro atoms. The Morgan fingerprint density at radius 3 is 2.06 bits per heavy atom. The average Bonchev–Trinajstić information content (AvgIpc) is 3.61. The number of anilines is 1. The van der Waals surface area contributed by atoms with Crippen molar-refractivity contribution in [3.8, 4) is 11.5 Å². The molecule has 0 aliphatic heterocycles. The van der Waals surface area contributed by atoms with Gasteiger partial charge in [-0.05, 0) is 65.9 Å². The molecule has 4 aromatic carbocycles. The van der Waals surface area contributed by atoms with Gasteiger partial charge >= 0.3 is 0 Å². The minimum Gasteiger partial charge on any atom is -0.497 e. The molecule has 5 rings (SSSR count). The lowest BCUT2D eigenvalue weighted by Crippen LogP contribution is -2.54. The van der Waals surface area contributed by atoms with E-state index in [-0.39, 0.29) is 24.9 Å². The first kappa shape index (κ1) is 34.5. The number of ether oxygens (including phenoxy) is 2. The number of nitrogens with one attached hydrogen (secondary N) is 1. The van der Waals surface area contributed by atoms with E-state index in [1.54, 1.807) is 31.4 Å². The highest BCUT2D eigenvalue weighted by Crippen LogP contribution is 2.25. The molecule has 4 aromatic rings. The quantitative estimate of drug-likeness (QED) is 0.173. The fourth-order valence-corrected chi connectivity index (χ4v) is 6.80. The molecule has 9 nitrogen and oxygen atoms in total. The minimum absolute atomic E-state index is 0.0414. The van der Waals surface area contributed by atoms with Gasteiger partial charge in [0, 0.05) is 19.0 Å². The summed E-state index contributed by atoms with van der Waals surface area (Å²) in [6.45, 7) is -0.0517. The van der Waals surface area contributed by atoms with Crippen molar-refractivity contribution in [1.82, 2.24) is 10.2 Å². The number of amides is 2. The third kappa shape index (κ3) is 9.60. The monoisotopic (exact) mass is 669 g/mol. The zero-order valence-corrected chi connectivity index (χ0v) is 28.3. The molecule has 48 heavy (non-hydrogen) atoms. The molecule has 0 heterocycles. The van der Waals surface area contributed by atoms with Crippen LogP contribution in [0.5, 0.6) is 11.5 Å². The van der Waals surface area contributed by atoms with E-state index in [4.69, 9.17) is 9.47 Å². The standard InChI is InChI=1S/C38H43N3O6S/c1-46-35-19-11-16-31(24-35)26-40(36(25-29-12-5-3-6-13-29)38(43)39-32-17-9-10-18-32)37(42)27-41(48(2,44)45)33-20-22-34(23-21-33)47-28-30-14-7-4-8-15-30/h3-8,11-16,19-24,32,36H,9-10,17-18,25-28H2,1-2H3,(H,39,43)/t36-/m0/s1. The Balaban J connectivity index is 1.44. The van der Waals surface area contributed by atoms with Crippen LogP contribution in [0.2, 0.25) is 0 Å². The smallest absolute Gasteiger partial charge is 0.244 e. The highest BCUT2D eigenvalue weighted by Gasteiger charge is 2.34. The Bertz CT molecular complexity index is 1740. The molecule has 1 fully saturated rings. The average molecular weight is 670 g/mol. The van der Waals surface area contributed by atoms with Gasteiger partial charge in [0.2, 0.25) is 21.8 Å². The normalized spacial score (nSPS) is 13.8. The Kier molecular flexibility index (Phi) is 11.7. The van der Waals surface area contributed by atoms with Crippen molar-refractivity contribution in [1.29, 1.82) is 0 Å². The van der Waals surface area contributed by atoms with E-state index in [0.717, 1.165) is 52.9 Å². The first-order valence-electron chi connectivity index (χ1n) is 16.2. The third-order valence-corrected chi connectivity index (χ3v) is 9.65. The molecular formula is C38H43N3O6S. The predicted octanol–water partition coefficient (Wildman–Crippen LogP) is 5.74. The van der Waals surface area contributed by atoms with Crippen molar-refractivity contribution in [2.24, 2.45) is 0 Å². The van der Waals surface area contributed by atoms with Gasteiger partial charge < -0.3 is 19.7 Å². The molecule has 1 atom stereocenters. The number of hydrogen-bond acceptors (Lipinski definition) is 6. The summed E-state index contributed by atoms with van der Waals surface area (Å²) in [4.78, 5) is 30.0. The van der Waals surface area contributed by atoms with Crippen molar-refractivity contribution in [3.63, 3.8) is 0 Å². The molecular weight excluding hydrogens is 627 g/mol. The summed E-state index contributed by atoms with van der Waals surface area (Å²) in [5, 5.41) is 3.18. The van der Waals surface area contributed by atoms with Gasteiger partial charge in [-0.15, -0.1) is 0 Å². The Morgan fingerprint density at radius 2 is 1.44 bits per heavy atom. The van der Waals surface area contributed by atoms with Crippen LogP contribution in [0.4, 0.5) is 5.69 Å². The van der Waals surface area contributed by atoms with Crippen LogP contribution in [0.15, 0.2) is 109 Å². The lowest BCUT2D eigenvalue weighted by atomic mass is 10.0. The second-order valence-corrected chi connectivity index (χ2v) is 14.0. The maximum Gasteiger partial charge on any atom is 0.244 e. The number of sulfonamides is 1. The minimum atomic E-state index is -3.90. The van der Waals surface area contributed by atoms with E-state index in [2.05, 4.69) is 5.32 Å². The summed E-state index contributed by atoms with van der Waals surface area (Å²) < 4.78 is 38.7. The number of rotatable bonds is 15. The van der Waals surface area contributed by atoms with E-state index in [1.807, 2.05) is 84.9 Å². The second kappa shape index (κ2) is 16.3. The van der Waals surface area contributed by atoms with Crippen LogP contribution in [0.25, 0.3) is 0 Å². The van der Waals surface area contributed by atoms with Crippen LogP contribution in [0.3, 0.4) is 0 Å². The summed E-state index contributed by atoms with van der Waals surface area (Å²) in [7, 11) is -2.33. The van der Waals surface area contributed by atoms with Gasteiger partial charge in [0.05, 0.1) is 19.1 Å². The summed E-state index contributed by atoms with van der Waals surface area (Å²) in [5.41, 5.74) is 2.95. The maximum absolute atomic E-state index is 14.4. The largest absolute Gasteiger partial charge is 0.497 e. The van der Waals surface area contributed by atoms with Gasteiger partial charge in [0.25, 0.3) is 0 Å². The lowest BCUT2D eigenvalue weighted by Gasteiger charge is -2.34. The molecule has 1 N–H and O–H groups in total. The fraction of sp³-hybridized carbons (Fsp3) is 0.316. The molecule has 0 aromatic heterocycles. The van der Waals surface area contributed by atoms with Crippen LogP contribution < -0.4 is 19.1 Å². The van der Waals surface area contributed by atoms with Gasteiger partial charge in [0.15, 0.2) is 0 Å². The number of carbonyl (C=O) groups excluding carboxylic acids is 2. The molecule has 1 saturated carbocycles. The molecule has 0 radical (unpaired) electrons. The molecule has 0 bridgehead atoms. The van der Waals surface area contributed by atoms with Crippen LogP contribution in [0.1, 0.15) is 42.4 Å². The van der Waals surface area contributed by atoms with Crippen molar-refractivity contribution < 1.29 is 27.5 Å². The maximum atomic E-state index is 14.4. The third-order valence-electron chi connectivity index (χ3n) is 8.51. The predicted molar refractivity (Wildman–Crippen MR) is 187 cm³/mol. The van der Waals surface area contributed by atoms with Crippen LogP contribution in [0, 0.1) is 0 Å². The number of nitrogens with zero attached hydrogens (tertiary/aromatic N) is 2. The summed E-state index contributed by atoms with van der Waals surface area (Å²) in [5.74, 6) is 0.416. The van der Waals surface area contributed by atoms with Gasteiger partial charge in [-0.3, -0.25) is 13.9 Å². The van der Waals surface area contributed by atoms with Crippen molar-refractivity contribution in [2.75, 3.05) is 24.2 Å². The van der Waals surface area contributed by atoms with Gasteiger partial charge in [0.1, 0.15) is 30.7 Å². The first-order valence-corrected chi connectivity index (χ1v) is 18.1. The highest BCUT2D eigenvalue weighted by atomic mass is 32.2. The van der Waals surface area contributed by atoms with Gasteiger partial charge in [-0.2, -0.15) is 0 Å². The second-order valence-electron chi connectivity index (χ2n) is 12.1. The fourth-order valence-electron chi connectivity index (χ4n) is 5.95. The van der Waals surface area contributed by atoms with Gasteiger partial charge in [-0.25, -0.2) is 8.42 Å². The molecule has 1 aliphatic carbocycles. The van der Waals surface area contributed by atoms with Crippen LogP contribution in [-0.2, 0) is 39.2 Å². The van der Waals surface area contributed by atoms with Crippen molar-refractivity contribution in [2.45, 2.75) is 57.3 Å². The number of hydrogen-bond donors (Lipinski definition) is 1. The zero-order chi connectivity index (χ0) is 33.9. The topological polar surface area (TPSA) is 105 Å². The molecule has 0 saturated heterocycles. The van der Waals surface area contributed by atoms with Crippen LogP contribution >= 0.6 is 0 Å². The van der Waals surface area contributed by atoms with E-state index < -0.39 is 28.5 Å². The van der Waals surface area contributed by atoms with Gasteiger partial charge in [-0.1, -0.05) is 85.6 Å². The molecule has 252 valence electrons. The number of benzene rings is 4. The Hall–Kier alpha value is -4.83. The van der Waals surface area contributed by atoms with E-state index in [9.17, 15) is 18.0 Å². The lowest BCUT2D eigenvalue weighted by molar-refractivity contribution is -0.140. The molecule has 0 unspecified atom stereocenters. The van der Waals surface area contributed by atoms with Crippen molar-refractivity contribution in [3.05, 3.63) is 126 Å². The van der Waals surface area contributed by atoms with Crippen molar-refractivity contribution >= 4 is 27.5 Å². The number of methoxy groups -OCH3 is 1. The SMILES string of the molecule is COc1cccc(CN(C(=O)CN(c2ccc(OCc3ccccc3)cc2)S(C)(=O)=O)[C@@H](Cc2ccccc2)C(=O)NC2CCCC2)c1. The van der Waals surface area contributed by atoms with E-state index in [0.29, 0.717) is 23.8 Å². The molecule has 1 aliphatic rings. The molecule has 10 heteroatoms. The highest BCUT2D eigenvalue weighted by molar-refractivity contribution is 7.92. The summed E-state index contributed by atoms with van der Waals surface area (Å²) in [6, 6.07) is 32.3. The summed E-state index contributed by atoms with van der Waals surface area (Å²) in [6.07, 6.45) is 5.20. The van der Waals surface area contributed by atoms with E-state index in [1.165, 1.54) is 4.90 Å². The first-order chi connectivity index (χ1) is 23.2. The van der Waals surface area contributed by atoms with Crippen LogP contribution in [-0.4, -0.2) is 57.1 Å². The van der Waals surface area contributed by atoms with E-state index >= 15 is 0 Å². The molecule has 2 amide bonds. The Labute approximate surface area is 283 Å². The zero-order valence-electron chi connectivity index (χ0n) is 27.5. The summed E-state index contributed by atoms with van der Waals surface area (Å²) >= 11 is 0.